The van der Waals surface area contributed by atoms with E-state index in [0.29, 0.717) is 50.7 Å². The Bertz CT molecular complexity index is 893. The van der Waals surface area contributed by atoms with Gasteiger partial charge in [0.25, 0.3) is 6.10 Å². The van der Waals surface area contributed by atoms with Crippen molar-refractivity contribution < 1.29 is 40.6 Å². The molecule has 0 N–H and O–H groups in total. The molecule has 13 heteroatoms. The van der Waals surface area contributed by atoms with Crippen LogP contribution in [0.4, 0.5) is 36.8 Å². The van der Waals surface area contributed by atoms with Crippen molar-refractivity contribution in [2.45, 2.75) is 37.8 Å². The van der Waals surface area contributed by atoms with Crippen LogP contribution in [0.5, 0.6) is 0 Å². The number of anilines is 1. The van der Waals surface area contributed by atoms with Crippen LogP contribution in [0.1, 0.15) is 18.4 Å². The van der Waals surface area contributed by atoms with Crippen molar-refractivity contribution in [3.05, 3.63) is 28.8 Å². The molecule has 0 bridgehead atoms. The second-order valence-electron chi connectivity index (χ2n) is 9.35. The summed E-state index contributed by atoms with van der Waals surface area (Å²) in [5.74, 6) is 0. The predicted octanol–water partition coefficient (Wildman–Crippen LogP) is 4.70. The maximum Gasteiger partial charge on any atom is 0.434 e. The number of likely N-dealkylation sites (tertiary alicyclic amines) is 2. The summed E-state index contributed by atoms with van der Waals surface area (Å²) < 4.78 is 85.1. The van der Waals surface area contributed by atoms with Crippen LogP contribution in [0, 0.1) is 5.41 Å². The SMILES string of the molecule is O=C(OC(C(F)(F)F)C(F)(F)F)N1CCC2(CC1)CN(Cc1ccc(N3CCOCC3)cc1Cl)C2. The molecule has 3 aliphatic rings. The van der Waals surface area contributed by atoms with E-state index in [1.165, 1.54) is 0 Å². The lowest BCUT2D eigenvalue weighted by atomic mass is 9.72. The molecule has 0 aliphatic carbocycles. The summed E-state index contributed by atoms with van der Waals surface area (Å²) in [6, 6.07) is 5.97. The summed E-state index contributed by atoms with van der Waals surface area (Å²) in [6.45, 7) is 5.12. The Hall–Kier alpha value is -1.92. The molecule has 3 saturated heterocycles. The Morgan fingerprint density at radius 2 is 1.63 bits per heavy atom. The van der Waals surface area contributed by atoms with Crippen LogP contribution in [0.25, 0.3) is 0 Å². The Labute approximate surface area is 203 Å². The number of nitrogens with zero attached hydrogens (tertiary/aromatic N) is 3. The van der Waals surface area contributed by atoms with Gasteiger partial charge in [-0.1, -0.05) is 17.7 Å². The molecule has 1 spiro atoms. The number of hydrogen-bond acceptors (Lipinski definition) is 5. The minimum Gasteiger partial charge on any atom is -0.426 e. The first-order valence-electron chi connectivity index (χ1n) is 11.3. The van der Waals surface area contributed by atoms with Gasteiger partial charge >= 0.3 is 18.4 Å². The largest absolute Gasteiger partial charge is 0.434 e. The van der Waals surface area contributed by atoms with Gasteiger partial charge in [-0.2, -0.15) is 26.3 Å². The first-order valence-corrected chi connectivity index (χ1v) is 11.7. The summed E-state index contributed by atoms with van der Waals surface area (Å²) >= 11 is 6.51. The molecule has 196 valence electrons. The van der Waals surface area contributed by atoms with Gasteiger partial charge in [-0.3, -0.25) is 4.90 Å². The van der Waals surface area contributed by atoms with Crippen molar-refractivity contribution >= 4 is 23.4 Å². The van der Waals surface area contributed by atoms with Crippen molar-refractivity contribution in [2.75, 3.05) is 57.4 Å². The van der Waals surface area contributed by atoms with Gasteiger partial charge in [-0.25, -0.2) is 4.79 Å². The Kier molecular flexibility index (Phi) is 7.36. The number of piperidine rings is 1. The molecule has 35 heavy (non-hydrogen) atoms. The van der Waals surface area contributed by atoms with Gasteiger partial charge in [0, 0.05) is 56.5 Å². The summed E-state index contributed by atoms with van der Waals surface area (Å²) in [5, 5.41) is 0.663. The van der Waals surface area contributed by atoms with Gasteiger partial charge in [-0.05, 0) is 36.0 Å². The van der Waals surface area contributed by atoms with Gasteiger partial charge in [0.05, 0.1) is 13.2 Å². The molecular formula is C22H26ClF6N3O3. The molecule has 0 unspecified atom stereocenters. The second-order valence-corrected chi connectivity index (χ2v) is 9.76. The van der Waals surface area contributed by atoms with Crippen molar-refractivity contribution in [2.24, 2.45) is 5.41 Å². The average Bonchev–Trinajstić information content (AvgIpc) is 2.77. The summed E-state index contributed by atoms with van der Waals surface area (Å²) in [4.78, 5) is 17.3. The number of ether oxygens (including phenoxy) is 2. The highest BCUT2D eigenvalue weighted by molar-refractivity contribution is 6.31. The van der Waals surface area contributed by atoms with E-state index in [-0.39, 0.29) is 18.5 Å². The fourth-order valence-corrected chi connectivity index (χ4v) is 5.15. The quantitative estimate of drug-likeness (QED) is 0.529. The number of alkyl halides is 6. The molecule has 4 rings (SSSR count). The maximum atomic E-state index is 12.7. The van der Waals surface area contributed by atoms with Crippen molar-refractivity contribution in [3.63, 3.8) is 0 Å². The van der Waals surface area contributed by atoms with E-state index in [9.17, 15) is 31.1 Å². The second kappa shape index (κ2) is 9.85. The van der Waals surface area contributed by atoms with E-state index >= 15 is 0 Å². The van der Waals surface area contributed by atoms with Gasteiger partial charge in [0.15, 0.2) is 0 Å². The molecular weight excluding hydrogens is 504 g/mol. The smallest absolute Gasteiger partial charge is 0.426 e. The number of carbonyl (C=O) groups is 1. The van der Waals surface area contributed by atoms with E-state index in [0.717, 1.165) is 29.2 Å². The topological polar surface area (TPSA) is 45.2 Å². The standard InChI is InChI=1S/C22H26ClF6N3O3/c23-17-11-16(31-7-9-34-10-8-31)2-1-15(17)12-30-13-20(14-30)3-5-32(6-4-20)19(33)35-18(21(24,25)26)22(27,28)29/h1-2,11,18H,3-10,12-14H2. The molecule has 3 fully saturated rings. The first kappa shape index (κ1) is 26.2. The number of benzene rings is 1. The summed E-state index contributed by atoms with van der Waals surface area (Å²) in [5.41, 5.74) is 1.90. The van der Waals surface area contributed by atoms with Gasteiger partial charge in [0.1, 0.15) is 0 Å². The summed E-state index contributed by atoms with van der Waals surface area (Å²) in [7, 11) is 0. The molecule has 3 aliphatic heterocycles. The third-order valence-corrected chi connectivity index (χ3v) is 7.17. The fourth-order valence-electron chi connectivity index (χ4n) is 4.91. The van der Waals surface area contributed by atoms with Crippen molar-refractivity contribution in [1.29, 1.82) is 0 Å². The lowest BCUT2D eigenvalue weighted by Crippen LogP contribution is -2.60. The molecule has 0 saturated carbocycles. The minimum absolute atomic E-state index is 0.0457. The van der Waals surface area contributed by atoms with Gasteiger partial charge in [-0.15, -0.1) is 0 Å². The minimum atomic E-state index is -5.72. The molecule has 6 nitrogen and oxygen atoms in total. The maximum absolute atomic E-state index is 12.7. The van der Waals surface area contributed by atoms with Gasteiger partial charge < -0.3 is 19.3 Å². The van der Waals surface area contributed by atoms with Crippen molar-refractivity contribution in [1.82, 2.24) is 9.80 Å². The highest BCUT2D eigenvalue weighted by Crippen LogP contribution is 2.42. The van der Waals surface area contributed by atoms with E-state index in [1.807, 2.05) is 18.2 Å². The number of carbonyl (C=O) groups excluding carboxylic acids is 1. The predicted molar refractivity (Wildman–Crippen MR) is 115 cm³/mol. The Morgan fingerprint density at radius 3 is 2.17 bits per heavy atom. The average molecular weight is 530 g/mol. The van der Waals surface area contributed by atoms with E-state index in [4.69, 9.17) is 16.3 Å². The van der Waals surface area contributed by atoms with E-state index in [1.54, 1.807) is 0 Å². The molecule has 1 aromatic carbocycles. The normalized spacial score (nSPS) is 21.4. The number of amides is 1. The van der Waals surface area contributed by atoms with E-state index in [2.05, 4.69) is 14.5 Å². The van der Waals surface area contributed by atoms with E-state index < -0.39 is 24.5 Å². The Morgan fingerprint density at radius 1 is 1.03 bits per heavy atom. The molecule has 0 atom stereocenters. The zero-order valence-electron chi connectivity index (χ0n) is 18.8. The number of rotatable bonds is 4. The zero-order valence-corrected chi connectivity index (χ0v) is 19.6. The highest BCUT2D eigenvalue weighted by Gasteiger charge is 2.60. The molecule has 0 aromatic heterocycles. The highest BCUT2D eigenvalue weighted by atomic mass is 35.5. The first-order chi connectivity index (χ1) is 16.4. The molecule has 1 aromatic rings. The summed E-state index contributed by atoms with van der Waals surface area (Å²) in [6.07, 6.45) is -16.2. The van der Waals surface area contributed by atoms with Crippen LogP contribution in [-0.4, -0.2) is 86.8 Å². The Balaban J connectivity index is 1.26. The van der Waals surface area contributed by atoms with Crippen LogP contribution in [0.3, 0.4) is 0 Å². The molecule has 0 radical (unpaired) electrons. The van der Waals surface area contributed by atoms with Crippen molar-refractivity contribution in [3.8, 4) is 0 Å². The molecule has 1 amide bonds. The number of halogens is 7. The number of hydrogen-bond donors (Lipinski definition) is 0. The molecule has 3 heterocycles. The number of morpholine rings is 1. The van der Waals surface area contributed by atoms with Crippen LogP contribution in [-0.2, 0) is 16.0 Å². The lowest BCUT2D eigenvalue weighted by molar-refractivity contribution is -0.308. The van der Waals surface area contributed by atoms with Crippen LogP contribution < -0.4 is 4.90 Å². The van der Waals surface area contributed by atoms with Gasteiger partial charge in [0.2, 0.25) is 0 Å². The van der Waals surface area contributed by atoms with Crippen LogP contribution in [0.2, 0.25) is 5.02 Å². The lowest BCUT2D eigenvalue weighted by Gasteiger charge is -2.54. The van der Waals surface area contributed by atoms with Crippen LogP contribution >= 0.6 is 11.6 Å². The third kappa shape index (κ3) is 6.08. The van der Waals surface area contributed by atoms with Crippen LogP contribution in [0.15, 0.2) is 18.2 Å². The zero-order chi connectivity index (χ0) is 25.4. The fraction of sp³-hybridized carbons (Fsp3) is 0.682. The third-order valence-electron chi connectivity index (χ3n) is 6.82. The monoisotopic (exact) mass is 529 g/mol.